The Bertz CT molecular complexity index is 1220. The number of nitrogens with one attached hydrogen (secondary N) is 1. The van der Waals surface area contributed by atoms with Crippen LogP contribution in [0.3, 0.4) is 0 Å². The number of benzene rings is 3. The van der Waals surface area contributed by atoms with Crippen molar-refractivity contribution in [3.63, 3.8) is 0 Å². The van der Waals surface area contributed by atoms with Gasteiger partial charge in [0.15, 0.2) is 16.7 Å². The number of hydrogen-bond donors (Lipinski definition) is 1. The molecule has 5 nitrogen and oxygen atoms in total. The lowest BCUT2D eigenvalue weighted by molar-refractivity contribution is -0.115. The molecule has 1 aliphatic rings. The molecule has 1 aliphatic heterocycles. The third kappa shape index (κ3) is 5.35. The molecule has 0 bridgehead atoms. The van der Waals surface area contributed by atoms with Crippen LogP contribution in [-0.4, -0.2) is 18.2 Å². The molecular weight excluding hydrogens is 512 g/mol. The van der Waals surface area contributed by atoms with Crippen molar-refractivity contribution in [1.29, 1.82) is 0 Å². The first-order valence-electron chi connectivity index (χ1n) is 9.62. The Morgan fingerprint density at radius 3 is 2.62 bits per heavy atom. The molecule has 3 aromatic carbocycles. The molecule has 162 valence electrons. The summed E-state index contributed by atoms with van der Waals surface area (Å²) in [7, 11) is 1.57. The molecule has 1 heterocycles. The van der Waals surface area contributed by atoms with Crippen molar-refractivity contribution in [3.05, 3.63) is 92.3 Å². The van der Waals surface area contributed by atoms with Crippen LogP contribution in [0.1, 0.15) is 11.1 Å². The van der Waals surface area contributed by atoms with Crippen LogP contribution in [-0.2, 0) is 11.4 Å². The Morgan fingerprint density at radius 1 is 1.12 bits per heavy atom. The maximum absolute atomic E-state index is 12.4. The molecule has 0 atom stereocenters. The predicted molar refractivity (Wildman–Crippen MR) is 134 cm³/mol. The van der Waals surface area contributed by atoms with Crippen LogP contribution in [0.2, 0.25) is 5.02 Å². The largest absolute Gasteiger partial charge is 0.493 e. The van der Waals surface area contributed by atoms with Gasteiger partial charge in [0.05, 0.1) is 22.2 Å². The van der Waals surface area contributed by atoms with Gasteiger partial charge in [-0.1, -0.05) is 48.0 Å². The van der Waals surface area contributed by atoms with E-state index in [1.54, 1.807) is 13.2 Å². The summed E-state index contributed by atoms with van der Waals surface area (Å²) in [6.45, 7) is 0.298. The van der Waals surface area contributed by atoms with Gasteiger partial charge in [0.25, 0.3) is 5.91 Å². The van der Waals surface area contributed by atoms with Gasteiger partial charge in [-0.3, -0.25) is 4.79 Å². The number of amides is 1. The Morgan fingerprint density at radius 2 is 1.88 bits per heavy atom. The molecule has 0 aromatic heterocycles. The molecule has 1 amide bonds. The molecule has 0 saturated carbocycles. The first-order chi connectivity index (χ1) is 15.5. The molecular formula is C24H18BrClN2O3S. The van der Waals surface area contributed by atoms with Crippen molar-refractivity contribution < 1.29 is 14.3 Å². The molecule has 0 unspecified atom stereocenters. The fraction of sp³-hybridized carbons (Fsp3) is 0.0833. The van der Waals surface area contributed by atoms with Gasteiger partial charge >= 0.3 is 0 Å². The van der Waals surface area contributed by atoms with Gasteiger partial charge in [-0.2, -0.15) is 0 Å². The van der Waals surface area contributed by atoms with E-state index in [1.165, 1.54) is 11.8 Å². The number of rotatable bonds is 6. The molecule has 0 spiro atoms. The number of aliphatic imine (C=N–C) groups is 1. The average Bonchev–Trinajstić information content (AvgIpc) is 3.12. The molecule has 32 heavy (non-hydrogen) atoms. The van der Waals surface area contributed by atoms with Gasteiger partial charge in [-0.15, -0.1) is 0 Å². The zero-order chi connectivity index (χ0) is 22.5. The molecule has 1 N–H and O–H groups in total. The Hall–Kier alpha value is -2.74. The first-order valence-corrected chi connectivity index (χ1v) is 11.6. The molecule has 8 heteroatoms. The third-order valence-corrected chi connectivity index (χ3v) is 6.38. The van der Waals surface area contributed by atoms with Crippen LogP contribution in [0.25, 0.3) is 6.08 Å². The number of ether oxygens (including phenoxy) is 2. The fourth-order valence-corrected chi connectivity index (χ4v) is 4.59. The third-order valence-electron chi connectivity index (χ3n) is 4.52. The second-order valence-corrected chi connectivity index (χ2v) is 9.02. The summed E-state index contributed by atoms with van der Waals surface area (Å²) < 4.78 is 12.2. The van der Waals surface area contributed by atoms with Crippen molar-refractivity contribution in [3.8, 4) is 11.5 Å². The van der Waals surface area contributed by atoms with Crippen LogP contribution < -0.4 is 14.8 Å². The average molecular weight is 530 g/mol. The Balaban J connectivity index is 1.55. The highest BCUT2D eigenvalue weighted by Crippen LogP contribution is 2.39. The summed E-state index contributed by atoms with van der Waals surface area (Å²) in [4.78, 5) is 17.4. The van der Waals surface area contributed by atoms with E-state index in [2.05, 4.69) is 26.2 Å². The zero-order valence-electron chi connectivity index (χ0n) is 17.0. The van der Waals surface area contributed by atoms with Crippen LogP contribution in [0.15, 0.2) is 81.1 Å². The summed E-state index contributed by atoms with van der Waals surface area (Å²) in [6.07, 6.45) is 1.79. The lowest BCUT2D eigenvalue weighted by atomic mass is 10.2. The number of nitrogens with zero attached hydrogens (tertiary/aromatic N) is 1. The molecule has 4 rings (SSSR count). The number of carbonyl (C=O) groups excluding carboxylic acids is 1. The van der Waals surface area contributed by atoms with E-state index in [4.69, 9.17) is 21.1 Å². The molecule has 1 saturated heterocycles. The minimum absolute atomic E-state index is 0.196. The van der Waals surface area contributed by atoms with Gasteiger partial charge in [-0.05, 0) is 69.7 Å². The predicted octanol–water partition coefficient (Wildman–Crippen LogP) is 6.58. The van der Waals surface area contributed by atoms with Gasteiger partial charge in [0, 0.05) is 10.6 Å². The highest BCUT2D eigenvalue weighted by molar-refractivity contribution is 9.10. The van der Waals surface area contributed by atoms with Crippen LogP contribution >= 0.6 is 39.3 Å². The maximum atomic E-state index is 12.4. The van der Waals surface area contributed by atoms with E-state index in [9.17, 15) is 4.79 Å². The number of carbonyl (C=O) groups is 1. The summed E-state index contributed by atoms with van der Waals surface area (Å²) in [5.74, 6) is 0.906. The minimum atomic E-state index is -0.196. The van der Waals surface area contributed by atoms with E-state index >= 15 is 0 Å². The van der Waals surface area contributed by atoms with Crippen molar-refractivity contribution in [2.45, 2.75) is 6.61 Å². The van der Waals surface area contributed by atoms with Crippen molar-refractivity contribution >= 4 is 62.1 Å². The summed E-state index contributed by atoms with van der Waals surface area (Å²) in [6, 6.07) is 20.7. The normalized spacial score (nSPS) is 15.8. The topological polar surface area (TPSA) is 59.9 Å². The van der Waals surface area contributed by atoms with E-state index in [1.807, 2.05) is 66.7 Å². The van der Waals surface area contributed by atoms with Crippen LogP contribution in [0.5, 0.6) is 11.5 Å². The number of amidine groups is 1. The van der Waals surface area contributed by atoms with Gasteiger partial charge in [0.1, 0.15) is 6.61 Å². The summed E-state index contributed by atoms with van der Waals surface area (Å²) in [5, 5.41) is 3.98. The van der Waals surface area contributed by atoms with E-state index < -0.39 is 0 Å². The highest BCUT2D eigenvalue weighted by Gasteiger charge is 2.24. The number of halogens is 2. The number of hydrogen-bond acceptors (Lipinski definition) is 5. The smallest absolute Gasteiger partial charge is 0.264 e. The maximum Gasteiger partial charge on any atom is 0.264 e. The lowest BCUT2D eigenvalue weighted by Crippen LogP contribution is -2.19. The second-order valence-electron chi connectivity index (χ2n) is 6.73. The molecule has 0 radical (unpaired) electrons. The van der Waals surface area contributed by atoms with E-state index in [0.717, 1.165) is 16.8 Å². The lowest BCUT2D eigenvalue weighted by Gasteiger charge is -2.14. The first kappa shape index (κ1) is 22.5. The number of para-hydroxylation sites is 1. The summed E-state index contributed by atoms with van der Waals surface area (Å²) in [5.41, 5.74) is 2.44. The van der Waals surface area contributed by atoms with E-state index in [-0.39, 0.29) is 5.91 Å². The zero-order valence-corrected chi connectivity index (χ0v) is 20.1. The van der Waals surface area contributed by atoms with Gasteiger partial charge < -0.3 is 14.8 Å². The Kier molecular flexibility index (Phi) is 7.19. The molecule has 1 fully saturated rings. The second kappa shape index (κ2) is 10.3. The number of thioether (sulfide) groups is 1. The molecule has 0 aliphatic carbocycles. The number of methoxy groups -OCH3 is 1. The van der Waals surface area contributed by atoms with Crippen molar-refractivity contribution in [2.24, 2.45) is 4.99 Å². The van der Waals surface area contributed by atoms with Crippen molar-refractivity contribution in [1.82, 2.24) is 5.32 Å². The summed E-state index contributed by atoms with van der Waals surface area (Å²) >= 11 is 11.1. The highest BCUT2D eigenvalue weighted by atomic mass is 79.9. The minimum Gasteiger partial charge on any atom is -0.493 e. The van der Waals surface area contributed by atoms with Gasteiger partial charge in [-0.25, -0.2) is 4.99 Å². The van der Waals surface area contributed by atoms with E-state index in [0.29, 0.717) is 37.7 Å². The molecule has 3 aromatic rings. The van der Waals surface area contributed by atoms with Crippen LogP contribution in [0, 0.1) is 0 Å². The quantitative estimate of drug-likeness (QED) is 0.366. The van der Waals surface area contributed by atoms with Gasteiger partial charge in [0.2, 0.25) is 0 Å². The fourth-order valence-electron chi connectivity index (χ4n) is 2.98. The SMILES string of the molecule is COc1cc(C=C2SC(=Nc3ccccc3)NC2=O)cc(Br)c1OCc1ccccc1Cl. The monoisotopic (exact) mass is 528 g/mol. The standard InChI is InChI=1S/C24H18BrClN2O3S/c1-30-20-12-15(11-18(25)22(20)31-14-16-7-5-6-10-19(16)26)13-21-23(29)28-24(32-21)27-17-8-3-2-4-9-17/h2-13H,14H2,1H3,(H,27,28,29). The Labute approximate surface area is 203 Å². The van der Waals surface area contributed by atoms with Crippen LogP contribution in [0.4, 0.5) is 5.69 Å². The van der Waals surface area contributed by atoms with Crippen molar-refractivity contribution in [2.75, 3.05) is 7.11 Å².